The number of fused-ring (bicyclic) bond motifs is 13. The minimum Gasteiger partial charge on any atom is -0.309 e. The van der Waals surface area contributed by atoms with Crippen LogP contribution in [0.4, 0.5) is 0 Å². The SMILES string of the molecule is c1ccc(-c2cc(-c3ccccc3)cc(-c3cccc(-c4nc(-n5c6ccccc6c6cc(-c7ccc8c(c7)c7ccccc7n8-c7ccccc7)ccc65)c5nccc(-n6c7ccccc7c7cc(-c8ccc9c(c8)c8ccccc8n9-c8ccccc8)ccc76)c5n4)c3)c2)cc1. The zero-order chi connectivity index (χ0) is 64.4. The zero-order valence-electron chi connectivity index (χ0n) is 53.0. The summed E-state index contributed by atoms with van der Waals surface area (Å²) in [6.07, 6.45) is 1.93. The lowest BCUT2D eigenvalue weighted by Gasteiger charge is -2.16. The lowest BCUT2D eigenvalue weighted by Crippen LogP contribution is -2.06. The highest BCUT2D eigenvalue weighted by molar-refractivity contribution is 6.16. The van der Waals surface area contributed by atoms with E-state index in [4.69, 9.17) is 15.0 Å². The van der Waals surface area contributed by atoms with Gasteiger partial charge in [-0.15, -0.1) is 0 Å². The molecule has 0 amide bonds. The molecule has 0 radical (unpaired) electrons. The van der Waals surface area contributed by atoms with Crippen LogP contribution in [-0.4, -0.2) is 33.2 Å². The van der Waals surface area contributed by atoms with Gasteiger partial charge in [0.2, 0.25) is 0 Å². The Bertz CT molecular complexity index is 6540. The first-order valence-corrected chi connectivity index (χ1v) is 33.4. The van der Waals surface area contributed by atoms with Gasteiger partial charge in [0.15, 0.2) is 11.6 Å². The van der Waals surface area contributed by atoms with Gasteiger partial charge in [-0.05, 0) is 183 Å². The molecule has 20 rings (SSSR count). The van der Waals surface area contributed by atoms with Crippen molar-refractivity contribution in [2.24, 2.45) is 0 Å². The Morgan fingerprint density at radius 3 is 0.980 bits per heavy atom. The summed E-state index contributed by atoms with van der Waals surface area (Å²) in [5.41, 5.74) is 25.7. The van der Waals surface area contributed by atoms with E-state index in [1.807, 2.05) is 6.20 Å². The Morgan fingerprint density at radius 1 is 0.194 bits per heavy atom. The van der Waals surface area contributed by atoms with Crippen LogP contribution in [0.2, 0.25) is 0 Å². The van der Waals surface area contributed by atoms with Crippen molar-refractivity contribution in [3.63, 3.8) is 0 Å². The molecule has 0 saturated carbocycles. The van der Waals surface area contributed by atoms with E-state index in [9.17, 15) is 0 Å². The molecule has 0 atom stereocenters. The van der Waals surface area contributed by atoms with Gasteiger partial charge in [-0.3, -0.25) is 9.55 Å². The number of nitrogens with zero attached hydrogens (tertiary/aromatic N) is 7. The average Bonchev–Trinajstić information content (AvgIpc) is 1.54. The molecule has 0 aliphatic rings. The number of rotatable bonds is 10. The van der Waals surface area contributed by atoms with Crippen molar-refractivity contribution in [1.82, 2.24) is 33.2 Å². The topological polar surface area (TPSA) is 58.4 Å². The van der Waals surface area contributed by atoms with Crippen molar-refractivity contribution in [2.75, 3.05) is 0 Å². The Kier molecular flexibility index (Phi) is 12.5. The number of pyridine rings is 1. The van der Waals surface area contributed by atoms with Crippen molar-refractivity contribution in [1.29, 1.82) is 0 Å². The van der Waals surface area contributed by atoms with Gasteiger partial charge in [-0.1, -0.05) is 212 Å². The second-order valence-electron chi connectivity index (χ2n) is 25.5. The summed E-state index contributed by atoms with van der Waals surface area (Å²) in [7, 11) is 0. The molecule has 0 aliphatic heterocycles. The molecule has 7 heteroatoms. The molecule has 0 saturated heterocycles. The van der Waals surface area contributed by atoms with Crippen LogP contribution in [0.3, 0.4) is 0 Å². The molecule has 0 spiro atoms. The van der Waals surface area contributed by atoms with E-state index in [0.717, 1.165) is 127 Å². The molecule has 98 heavy (non-hydrogen) atoms. The highest BCUT2D eigenvalue weighted by atomic mass is 15.1. The Balaban J connectivity index is 0.790. The van der Waals surface area contributed by atoms with Crippen molar-refractivity contribution >= 4 is 98.3 Å². The normalized spacial score (nSPS) is 11.9. The highest BCUT2D eigenvalue weighted by Gasteiger charge is 2.25. The first-order valence-electron chi connectivity index (χ1n) is 33.4. The van der Waals surface area contributed by atoms with Crippen LogP contribution in [0, 0.1) is 0 Å². The lowest BCUT2D eigenvalue weighted by molar-refractivity contribution is 1.05. The van der Waals surface area contributed by atoms with E-state index in [2.05, 4.69) is 358 Å². The summed E-state index contributed by atoms with van der Waals surface area (Å²) >= 11 is 0. The zero-order valence-corrected chi connectivity index (χ0v) is 53.0. The van der Waals surface area contributed by atoms with Crippen molar-refractivity contribution in [2.45, 2.75) is 0 Å². The molecule has 0 unspecified atom stereocenters. The third kappa shape index (κ3) is 8.80. The van der Waals surface area contributed by atoms with Crippen LogP contribution >= 0.6 is 0 Å². The Hall–Kier alpha value is -13.2. The smallest absolute Gasteiger partial charge is 0.168 e. The molecule has 0 N–H and O–H groups in total. The molecular weight excluding hydrogens is 1190 g/mol. The van der Waals surface area contributed by atoms with E-state index in [1.165, 1.54) is 43.6 Å². The fraction of sp³-hybridized carbons (Fsp3) is 0. The Labute approximate surface area is 563 Å². The molecule has 0 fully saturated rings. The quantitative estimate of drug-likeness (QED) is 0.137. The summed E-state index contributed by atoms with van der Waals surface area (Å²) in [4.78, 5) is 16.9. The van der Waals surface area contributed by atoms with E-state index in [1.54, 1.807) is 0 Å². The number of para-hydroxylation sites is 6. The molecule has 0 aliphatic carbocycles. The minimum atomic E-state index is 0.587. The maximum absolute atomic E-state index is 5.78. The van der Waals surface area contributed by atoms with Crippen LogP contribution in [0.5, 0.6) is 0 Å². The fourth-order valence-electron chi connectivity index (χ4n) is 15.5. The van der Waals surface area contributed by atoms with Crippen LogP contribution in [0.1, 0.15) is 0 Å². The monoisotopic (exact) mass is 1250 g/mol. The first kappa shape index (κ1) is 55.2. The predicted molar refractivity (Wildman–Crippen MR) is 407 cm³/mol. The van der Waals surface area contributed by atoms with Crippen molar-refractivity contribution in [3.05, 3.63) is 346 Å². The summed E-state index contributed by atoms with van der Waals surface area (Å²) in [5, 5.41) is 9.38. The van der Waals surface area contributed by atoms with Gasteiger partial charge in [-0.2, -0.15) is 0 Å². The summed E-state index contributed by atoms with van der Waals surface area (Å²) in [6.45, 7) is 0. The summed E-state index contributed by atoms with van der Waals surface area (Å²) in [5.74, 6) is 1.28. The molecule has 20 aromatic rings. The number of hydrogen-bond acceptors (Lipinski definition) is 3. The van der Waals surface area contributed by atoms with Gasteiger partial charge >= 0.3 is 0 Å². The van der Waals surface area contributed by atoms with E-state index in [-0.39, 0.29) is 0 Å². The highest BCUT2D eigenvalue weighted by Crippen LogP contribution is 2.44. The molecular formula is C91H57N7. The van der Waals surface area contributed by atoms with Gasteiger partial charge in [0.05, 0.1) is 49.8 Å². The van der Waals surface area contributed by atoms with Gasteiger partial charge in [-0.25, -0.2) is 9.97 Å². The number of aromatic nitrogens is 7. The molecule has 14 aromatic carbocycles. The summed E-state index contributed by atoms with van der Waals surface area (Å²) < 4.78 is 9.46. The van der Waals surface area contributed by atoms with E-state index < -0.39 is 0 Å². The second-order valence-corrected chi connectivity index (χ2v) is 25.5. The first-order chi connectivity index (χ1) is 48.6. The standard InChI is InChI=1S/C91H57N7/c1-5-22-58(23-6-1)66-51-67(59-24-7-2-8-25-59)53-68(52-66)60-26-21-27-65(50-60)90-93-88-87(97-81-38-19-15-34-73(81)77-56-63(42-46-85(77)97)61-40-44-83-75(54-61)71-32-13-17-36-79(71)95(83)69-28-9-3-10-29-69)48-49-92-89(88)91(94-90)98-82-39-20-16-35-74(82)78-57-64(43-47-86(78)98)62-41-45-84-76(55-62)72-33-14-18-37-80(72)96(84)70-30-11-4-12-31-70/h1-57H. The van der Waals surface area contributed by atoms with Crippen molar-refractivity contribution in [3.8, 4) is 89.9 Å². The number of benzene rings is 14. The second kappa shape index (κ2) is 22.2. The largest absolute Gasteiger partial charge is 0.309 e. The Morgan fingerprint density at radius 2 is 0.520 bits per heavy atom. The van der Waals surface area contributed by atoms with Crippen LogP contribution < -0.4 is 0 Å². The fourth-order valence-corrected chi connectivity index (χ4v) is 15.5. The van der Waals surface area contributed by atoms with Crippen molar-refractivity contribution < 1.29 is 0 Å². The third-order valence-corrected chi connectivity index (χ3v) is 20.0. The maximum Gasteiger partial charge on any atom is 0.168 e. The number of hydrogen-bond donors (Lipinski definition) is 0. The molecule has 6 aromatic heterocycles. The molecule has 6 heterocycles. The minimum absolute atomic E-state index is 0.587. The van der Waals surface area contributed by atoms with Gasteiger partial charge in [0, 0.05) is 66.2 Å². The van der Waals surface area contributed by atoms with E-state index >= 15 is 0 Å². The average molecular weight is 1250 g/mol. The van der Waals surface area contributed by atoms with Gasteiger partial charge < -0.3 is 13.7 Å². The third-order valence-electron chi connectivity index (χ3n) is 20.0. The summed E-state index contributed by atoms with van der Waals surface area (Å²) in [6, 6.07) is 123. The van der Waals surface area contributed by atoms with Crippen LogP contribution in [0.15, 0.2) is 346 Å². The molecule has 7 nitrogen and oxygen atoms in total. The maximum atomic E-state index is 5.78. The van der Waals surface area contributed by atoms with Gasteiger partial charge in [0.25, 0.3) is 0 Å². The molecule has 0 bridgehead atoms. The van der Waals surface area contributed by atoms with E-state index in [0.29, 0.717) is 17.2 Å². The molecule has 456 valence electrons. The van der Waals surface area contributed by atoms with Gasteiger partial charge in [0.1, 0.15) is 11.0 Å². The predicted octanol–water partition coefficient (Wildman–Crippen LogP) is 23.4. The lowest BCUT2D eigenvalue weighted by atomic mass is 9.93. The van der Waals surface area contributed by atoms with Crippen LogP contribution in [0.25, 0.3) is 188 Å². The van der Waals surface area contributed by atoms with Crippen LogP contribution in [-0.2, 0) is 0 Å².